The van der Waals surface area contributed by atoms with Crippen LogP contribution in [-0.2, 0) is 4.79 Å². The second-order valence-electron chi connectivity index (χ2n) is 6.08. The molecule has 0 bridgehead atoms. The maximum Gasteiger partial charge on any atom is 0.220 e. The lowest BCUT2D eigenvalue weighted by Gasteiger charge is -2.22. The van der Waals surface area contributed by atoms with Gasteiger partial charge in [-0.3, -0.25) is 4.79 Å². The van der Waals surface area contributed by atoms with E-state index in [1.807, 2.05) is 18.2 Å². The molecular weight excluding hydrogens is 328 g/mol. The summed E-state index contributed by atoms with van der Waals surface area (Å²) in [6.45, 7) is 5.32. The summed E-state index contributed by atoms with van der Waals surface area (Å²) in [7, 11) is 3.42. The number of amides is 1. The monoisotopic (exact) mass is 356 g/mol. The van der Waals surface area contributed by atoms with Crippen molar-refractivity contribution in [3.63, 3.8) is 0 Å². The van der Waals surface area contributed by atoms with Gasteiger partial charge in [-0.25, -0.2) is 4.98 Å². The van der Waals surface area contributed by atoms with Crippen LogP contribution in [0.1, 0.15) is 52.4 Å². The van der Waals surface area contributed by atoms with Crippen LogP contribution in [-0.4, -0.2) is 33.9 Å². The summed E-state index contributed by atoms with van der Waals surface area (Å²) >= 11 is 0. The van der Waals surface area contributed by atoms with E-state index in [0.29, 0.717) is 6.42 Å². The molecule has 0 atom stereocenters. The van der Waals surface area contributed by atoms with Crippen molar-refractivity contribution in [3.05, 3.63) is 24.4 Å². The van der Waals surface area contributed by atoms with Crippen molar-refractivity contribution < 1.29 is 9.90 Å². The summed E-state index contributed by atoms with van der Waals surface area (Å²) in [5.74, 6) is 0.128. The van der Waals surface area contributed by atoms with Crippen LogP contribution < -0.4 is 5.32 Å². The summed E-state index contributed by atoms with van der Waals surface area (Å²) in [5.41, 5.74) is 0. The van der Waals surface area contributed by atoms with E-state index in [0.717, 1.165) is 43.7 Å². The zero-order valence-corrected chi connectivity index (χ0v) is 15.7. The third-order valence-electron chi connectivity index (χ3n) is 3.35. The van der Waals surface area contributed by atoms with Crippen molar-refractivity contribution in [2.45, 2.75) is 62.1 Å². The number of pyridine rings is 1. The fourth-order valence-corrected chi connectivity index (χ4v) is 4.13. The number of nitrogens with one attached hydrogen (secondary N) is 1. The summed E-state index contributed by atoms with van der Waals surface area (Å²) < 4.78 is 0.0284. The first-order valence-corrected chi connectivity index (χ1v) is 10.3. The van der Waals surface area contributed by atoms with Crippen LogP contribution in [0.3, 0.4) is 0 Å². The molecule has 1 rings (SSSR count). The average molecular weight is 357 g/mol. The summed E-state index contributed by atoms with van der Waals surface area (Å²) in [5, 5.41) is 12.7. The fourth-order valence-electron chi connectivity index (χ4n) is 1.91. The SMILES string of the molecule is CC(C)(CCC(=O)NCCCCCCO)SSc1ccccn1. The van der Waals surface area contributed by atoms with Crippen molar-refractivity contribution in [1.29, 1.82) is 0 Å². The topological polar surface area (TPSA) is 62.2 Å². The predicted octanol–water partition coefficient (Wildman–Crippen LogP) is 4.05. The number of unbranched alkanes of at least 4 members (excludes halogenated alkanes) is 3. The lowest BCUT2D eigenvalue weighted by molar-refractivity contribution is -0.121. The van der Waals surface area contributed by atoms with Crippen molar-refractivity contribution in [1.82, 2.24) is 10.3 Å². The van der Waals surface area contributed by atoms with Gasteiger partial charge >= 0.3 is 0 Å². The second kappa shape index (κ2) is 11.8. The number of rotatable bonds is 12. The van der Waals surface area contributed by atoms with Crippen molar-refractivity contribution >= 4 is 27.5 Å². The Morgan fingerprint density at radius 1 is 1.26 bits per heavy atom. The molecule has 0 radical (unpaired) electrons. The van der Waals surface area contributed by atoms with Crippen LogP contribution in [0.2, 0.25) is 0 Å². The zero-order chi connectivity index (χ0) is 17.0. The van der Waals surface area contributed by atoms with Crippen LogP contribution in [0.4, 0.5) is 0 Å². The number of aromatic nitrogens is 1. The molecule has 0 aliphatic heterocycles. The van der Waals surface area contributed by atoms with Crippen molar-refractivity contribution in [2.75, 3.05) is 13.2 Å². The molecule has 0 aromatic carbocycles. The van der Waals surface area contributed by atoms with Crippen LogP contribution in [0.5, 0.6) is 0 Å². The van der Waals surface area contributed by atoms with E-state index < -0.39 is 0 Å². The number of aliphatic hydroxyl groups excluding tert-OH is 1. The number of carbonyl (C=O) groups excluding carboxylic acids is 1. The lowest BCUT2D eigenvalue weighted by Crippen LogP contribution is -2.26. The standard InChI is InChI=1S/C17H28N2O2S2/c1-17(2,23-22-16-9-5-7-13-19-16)11-10-15(21)18-12-6-3-4-8-14-20/h5,7,9,13,20H,3-4,6,8,10-12,14H2,1-2H3,(H,18,21). The number of hydrogen-bond acceptors (Lipinski definition) is 5. The second-order valence-corrected chi connectivity index (χ2v) is 8.94. The Morgan fingerprint density at radius 3 is 2.74 bits per heavy atom. The van der Waals surface area contributed by atoms with Gasteiger partial charge in [0.15, 0.2) is 0 Å². The molecule has 23 heavy (non-hydrogen) atoms. The first-order valence-electron chi connectivity index (χ1n) is 8.18. The molecule has 0 aliphatic rings. The van der Waals surface area contributed by atoms with Gasteiger partial charge in [-0.1, -0.05) is 29.7 Å². The number of aliphatic hydroxyl groups is 1. The molecule has 1 heterocycles. The van der Waals surface area contributed by atoms with Gasteiger partial charge in [-0.2, -0.15) is 0 Å². The molecule has 1 aromatic rings. The van der Waals surface area contributed by atoms with E-state index >= 15 is 0 Å². The van der Waals surface area contributed by atoms with E-state index in [4.69, 9.17) is 5.11 Å². The van der Waals surface area contributed by atoms with E-state index in [9.17, 15) is 4.79 Å². The average Bonchev–Trinajstić information content (AvgIpc) is 2.55. The quantitative estimate of drug-likeness (QED) is 0.437. The van der Waals surface area contributed by atoms with Crippen LogP contribution in [0, 0.1) is 0 Å². The molecule has 1 amide bonds. The Balaban J connectivity index is 2.13. The van der Waals surface area contributed by atoms with Gasteiger partial charge in [-0.05, 0) is 56.0 Å². The molecule has 4 nitrogen and oxygen atoms in total. The smallest absolute Gasteiger partial charge is 0.220 e. The number of nitrogens with zero attached hydrogens (tertiary/aromatic N) is 1. The molecule has 0 saturated heterocycles. The van der Waals surface area contributed by atoms with E-state index in [-0.39, 0.29) is 17.3 Å². The normalized spacial score (nSPS) is 11.4. The molecule has 6 heteroatoms. The Labute approximate surface area is 147 Å². The molecular formula is C17H28N2O2S2. The molecule has 0 fully saturated rings. The minimum Gasteiger partial charge on any atom is -0.396 e. The Bertz CT molecular complexity index is 441. The predicted molar refractivity (Wildman–Crippen MR) is 99.6 cm³/mol. The fraction of sp³-hybridized carbons (Fsp3) is 0.647. The van der Waals surface area contributed by atoms with Crippen LogP contribution >= 0.6 is 21.6 Å². The van der Waals surface area contributed by atoms with Gasteiger partial charge in [0.2, 0.25) is 5.91 Å². The van der Waals surface area contributed by atoms with Gasteiger partial charge in [0, 0.05) is 30.5 Å². The molecule has 2 N–H and O–H groups in total. The van der Waals surface area contributed by atoms with Crippen molar-refractivity contribution in [3.8, 4) is 0 Å². The highest BCUT2D eigenvalue weighted by atomic mass is 33.1. The molecule has 130 valence electrons. The van der Waals surface area contributed by atoms with E-state index in [1.54, 1.807) is 27.8 Å². The highest BCUT2D eigenvalue weighted by Gasteiger charge is 2.21. The van der Waals surface area contributed by atoms with Crippen molar-refractivity contribution in [2.24, 2.45) is 0 Å². The highest BCUT2D eigenvalue weighted by molar-refractivity contribution is 8.77. The molecule has 0 aliphatic carbocycles. The highest BCUT2D eigenvalue weighted by Crippen LogP contribution is 2.42. The van der Waals surface area contributed by atoms with E-state index in [1.165, 1.54) is 0 Å². The Kier molecular flexibility index (Phi) is 10.4. The van der Waals surface area contributed by atoms with Gasteiger partial charge in [0.25, 0.3) is 0 Å². The minimum absolute atomic E-state index is 0.0284. The molecule has 0 spiro atoms. The van der Waals surface area contributed by atoms with Gasteiger partial charge in [0.05, 0.1) is 0 Å². The van der Waals surface area contributed by atoms with Gasteiger partial charge in [-0.15, -0.1) is 0 Å². The van der Waals surface area contributed by atoms with E-state index in [2.05, 4.69) is 24.1 Å². The summed E-state index contributed by atoms with van der Waals surface area (Å²) in [6, 6.07) is 5.89. The summed E-state index contributed by atoms with van der Waals surface area (Å²) in [4.78, 5) is 16.2. The Morgan fingerprint density at radius 2 is 2.04 bits per heavy atom. The lowest BCUT2D eigenvalue weighted by atomic mass is 10.1. The maximum atomic E-state index is 11.9. The van der Waals surface area contributed by atoms with Gasteiger partial charge < -0.3 is 10.4 Å². The first kappa shape index (κ1) is 20.3. The molecule has 0 saturated carbocycles. The first-order chi connectivity index (χ1) is 11.0. The zero-order valence-electron chi connectivity index (χ0n) is 14.1. The van der Waals surface area contributed by atoms with Crippen LogP contribution in [0.15, 0.2) is 29.4 Å². The number of hydrogen-bond donors (Lipinski definition) is 2. The molecule has 0 unspecified atom stereocenters. The molecule has 1 aromatic heterocycles. The number of carbonyl (C=O) groups is 1. The summed E-state index contributed by atoms with van der Waals surface area (Å²) in [6.07, 6.45) is 7.12. The van der Waals surface area contributed by atoms with Crippen LogP contribution in [0.25, 0.3) is 0 Å². The van der Waals surface area contributed by atoms with Gasteiger partial charge in [0.1, 0.15) is 5.03 Å². The third-order valence-corrected chi connectivity index (χ3v) is 6.62. The maximum absolute atomic E-state index is 11.9. The Hall–Kier alpha value is -0.720. The largest absolute Gasteiger partial charge is 0.396 e. The minimum atomic E-state index is 0.0284. The third kappa shape index (κ3) is 10.6.